The molecule has 1 aliphatic carbocycles. The second-order valence-electron chi connectivity index (χ2n) is 5.29. The molecule has 0 saturated heterocycles. The van der Waals surface area contributed by atoms with Crippen LogP contribution in [0.25, 0.3) is 0 Å². The van der Waals surface area contributed by atoms with Gasteiger partial charge in [-0.15, -0.1) is 0 Å². The number of nitrogens with zero attached hydrogens (tertiary/aromatic N) is 1. The van der Waals surface area contributed by atoms with Crippen molar-refractivity contribution in [3.05, 3.63) is 53.0 Å². The molecule has 5 N–H and O–H groups in total. The van der Waals surface area contributed by atoms with Crippen molar-refractivity contribution >= 4 is 17.6 Å². The van der Waals surface area contributed by atoms with Crippen molar-refractivity contribution in [1.29, 1.82) is 0 Å². The molecule has 2 aromatic rings. The number of primary amides is 1. The van der Waals surface area contributed by atoms with Crippen molar-refractivity contribution in [3.63, 3.8) is 0 Å². The Morgan fingerprint density at radius 3 is 2.77 bits per heavy atom. The van der Waals surface area contributed by atoms with Crippen molar-refractivity contribution in [2.75, 3.05) is 5.32 Å². The number of guanidine groups is 1. The average Bonchev–Trinajstić information content (AvgIpc) is 3.13. The van der Waals surface area contributed by atoms with Crippen LogP contribution in [-0.4, -0.2) is 11.9 Å². The lowest BCUT2D eigenvalue weighted by Crippen LogP contribution is -2.22. The third-order valence-corrected chi connectivity index (χ3v) is 3.68. The van der Waals surface area contributed by atoms with Crippen LogP contribution in [0.4, 0.5) is 5.69 Å². The quantitative estimate of drug-likeness (QED) is 0.591. The second-order valence-corrected chi connectivity index (χ2v) is 5.29. The van der Waals surface area contributed by atoms with Gasteiger partial charge in [-0.25, -0.2) is 4.99 Å². The largest absolute Gasteiger partial charge is 0.454 e. The molecule has 3 rings (SSSR count). The highest BCUT2D eigenvalue weighted by Crippen LogP contribution is 2.24. The van der Waals surface area contributed by atoms with Gasteiger partial charge in [0.25, 0.3) is 5.91 Å². The summed E-state index contributed by atoms with van der Waals surface area (Å²) in [7, 11) is 0. The minimum absolute atomic E-state index is 0.121. The highest BCUT2D eigenvalue weighted by atomic mass is 16.3. The Kier molecular flexibility index (Phi) is 3.82. The number of amides is 1. The van der Waals surface area contributed by atoms with Crippen LogP contribution in [0.1, 0.15) is 33.9 Å². The van der Waals surface area contributed by atoms with Gasteiger partial charge < -0.3 is 21.2 Å². The van der Waals surface area contributed by atoms with Gasteiger partial charge in [-0.3, -0.25) is 4.79 Å². The number of furan rings is 1. The summed E-state index contributed by atoms with van der Waals surface area (Å²) in [5, 5.41) is 3.07. The first-order valence-corrected chi connectivity index (χ1v) is 7.19. The monoisotopic (exact) mass is 298 g/mol. The predicted molar refractivity (Wildman–Crippen MR) is 84.6 cm³/mol. The Labute approximate surface area is 128 Å². The van der Waals surface area contributed by atoms with E-state index in [2.05, 4.69) is 22.4 Å². The smallest absolute Gasteiger partial charge is 0.284 e. The molecular formula is C16H18N4O2. The molecular weight excluding hydrogens is 280 g/mol. The number of nitrogens with two attached hydrogens (primary N) is 2. The average molecular weight is 298 g/mol. The summed E-state index contributed by atoms with van der Waals surface area (Å²) < 4.78 is 5.24. The Balaban J connectivity index is 1.63. The number of carbonyl (C=O) groups is 1. The lowest BCUT2D eigenvalue weighted by molar-refractivity contribution is 0.0972. The molecule has 0 saturated carbocycles. The van der Waals surface area contributed by atoms with Gasteiger partial charge in [0, 0.05) is 5.69 Å². The maximum atomic E-state index is 10.9. The number of hydrogen-bond donors (Lipinski definition) is 3. The van der Waals surface area contributed by atoms with Crippen LogP contribution in [0.3, 0.4) is 0 Å². The number of nitrogens with one attached hydrogen (secondary N) is 1. The number of anilines is 1. The number of carbonyl (C=O) groups excluding carboxylic acids is 1. The maximum absolute atomic E-state index is 10.9. The fourth-order valence-corrected chi connectivity index (χ4v) is 2.60. The van der Waals surface area contributed by atoms with E-state index < -0.39 is 5.91 Å². The lowest BCUT2D eigenvalue weighted by atomic mass is 10.1. The predicted octanol–water partition coefficient (Wildman–Crippen LogP) is 1.79. The first-order chi connectivity index (χ1) is 10.6. The number of aliphatic imine (C=N–C) groups is 1. The van der Waals surface area contributed by atoms with Crippen molar-refractivity contribution < 1.29 is 9.21 Å². The number of benzene rings is 1. The molecule has 0 radical (unpaired) electrons. The van der Waals surface area contributed by atoms with Crippen molar-refractivity contribution in [2.24, 2.45) is 16.5 Å². The first-order valence-electron chi connectivity index (χ1n) is 7.19. The van der Waals surface area contributed by atoms with E-state index in [1.54, 1.807) is 6.07 Å². The Hall–Kier alpha value is -2.76. The summed E-state index contributed by atoms with van der Waals surface area (Å²) >= 11 is 0. The third-order valence-electron chi connectivity index (χ3n) is 3.68. The van der Waals surface area contributed by atoms with Crippen LogP contribution in [0.2, 0.25) is 0 Å². The minimum Gasteiger partial charge on any atom is -0.454 e. The van der Waals surface area contributed by atoms with Crippen LogP contribution < -0.4 is 16.8 Å². The maximum Gasteiger partial charge on any atom is 0.284 e. The van der Waals surface area contributed by atoms with Gasteiger partial charge in [0.15, 0.2) is 11.7 Å². The van der Waals surface area contributed by atoms with E-state index in [9.17, 15) is 4.79 Å². The first kappa shape index (κ1) is 14.2. The number of fused-ring (bicyclic) bond motifs is 1. The van der Waals surface area contributed by atoms with Gasteiger partial charge in [0.1, 0.15) is 12.3 Å². The molecule has 0 aliphatic heterocycles. The van der Waals surface area contributed by atoms with Crippen LogP contribution in [0, 0.1) is 0 Å². The van der Waals surface area contributed by atoms with Gasteiger partial charge >= 0.3 is 0 Å². The van der Waals surface area contributed by atoms with E-state index in [4.69, 9.17) is 15.9 Å². The molecule has 0 atom stereocenters. The summed E-state index contributed by atoms with van der Waals surface area (Å²) in [6.07, 6.45) is 3.48. The molecule has 1 heterocycles. The number of rotatable bonds is 4. The highest BCUT2D eigenvalue weighted by molar-refractivity contribution is 5.92. The van der Waals surface area contributed by atoms with Crippen LogP contribution in [0.5, 0.6) is 0 Å². The summed E-state index contributed by atoms with van der Waals surface area (Å²) in [5.74, 6) is 0.359. The Bertz CT molecular complexity index is 733. The highest BCUT2D eigenvalue weighted by Gasteiger charge is 2.11. The van der Waals surface area contributed by atoms with Gasteiger partial charge in [-0.2, -0.15) is 0 Å². The minimum atomic E-state index is -0.598. The second kappa shape index (κ2) is 5.93. The molecule has 1 aliphatic rings. The molecule has 1 aromatic carbocycles. The van der Waals surface area contributed by atoms with Crippen molar-refractivity contribution in [3.8, 4) is 0 Å². The third kappa shape index (κ3) is 3.11. The molecule has 0 spiro atoms. The Morgan fingerprint density at radius 2 is 2.00 bits per heavy atom. The SMILES string of the molecule is NC(=O)c1ccc(CN=C(N)Nc2ccc3c(c2)CCC3)o1. The molecule has 1 amide bonds. The Morgan fingerprint density at radius 1 is 1.18 bits per heavy atom. The fourth-order valence-electron chi connectivity index (χ4n) is 2.60. The zero-order chi connectivity index (χ0) is 15.5. The van der Waals surface area contributed by atoms with Crippen molar-refractivity contribution in [2.45, 2.75) is 25.8 Å². The van der Waals surface area contributed by atoms with E-state index in [0.29, 0.717) is 11.7 Å². The van der Waals surface area contributed by atoms with E-state index in [0.717, 1.165) is 18.5 Å². The van der Waals surface area contributed by atoms with E-state index >= 15 is 0 Å². The molecule has 6 heteroatoms. The van der Waals surface area contributed by atoms with Gasteiger partial charge in [-0.1, -0.05) is 6.07 Å². The lowest BCUT2D eigenvalue weighted by Gasteiger charge is -2.07. The molecule has 0 bridgehead atoms. The summed E-state index contributed by atoms with van der Waals surface area (Å²) in [6, 6.07) is 9.43. The van der Waals surface area contributed by atoms with Crippen LogP contribution in [0.15, 0.2) is 39.7 Å². The topological polar surface area (TPSA) is 107 Å². The fraction of sp³-hybridized carbons (Fsp3) is 0.250. The normalized spacial score (nSPS) is 13.9. The van der Waals surface area contributed by atoms with Gasteiger partial charge in [0.2, 0.25) is 0 Å². The van der Waals surface area contributed by atoms with Crippen LogP contribution >= 0.6 is 0 Å². The zero-order valence-corrected chi connectivity index (χ0v) is 12.1. The molecule has 22 heavy (non-hydrogen) atoms. The number of hydrogen-bond acceptors (Lipinski definition) is 3. The van der Waals surface area contributed by atoms with Gasteiger partial charge in [-0.05, 0) is 54.7 Å². The molecule has 6 nitrogen and oxygen atoms in total. The van der Waals surface area contributed by atoms with E-state index in [1.165, 1.54) is 23.6 Å². The van der Waals surface area contributed by atoms with Gasteiger partial charge in [0.05, 0.1) is 0 Å². The van der Waals surface area contributed by atoms with Crippen LogP contribution in [-0.2, 0) is 19.4 Å². The van der Waals surface area contributed by atoms with Crippen molar-refractivity contribution in [1.82, 2.24) is 0 Å². The summed E-state index contributed by atoms with van der Waals surface area (Å²) in [6.45, 7) is 0.247. The summed E-state index contributed by atoms with van der Waals surface area (Å²) in [4.78, 5) is 15.1. The summed E-state index contributed by atoms with van der Waals surface area (Å²) in [5.41, 5.74) is 14.7. The molecule has 1 aromatic heterocycles. The zero-order valence-electron chi connectivity index (χ0n) is 12.1. The standard InChI is InChI=1S/C16H18N4O2/c17-15(21)14-7-6-13(22-14)9-19-16(18)20-12-5-4-10-2-1-3-11(10)8-12/h4-8H,1-3,9H2,(H2,17,21)(H3,18,19,20). The molecule has 0 fully saturated rings. The molecule has 0 unspecified atom stereocenters. The number of aryl methyl sites for hydroxylation is 2. The van der Waals surface area contributed by atoms with E-state index in [-0.39, 0.29) is 12.3 Å². The van der Waals surface area contributed by atoms with E-state index in [1.807, 2.05) is 6.07 Å². The molecule has 114 valence electrons.